The number of ketones is 1. The number of allylic oxidation sites excluding steroid dienone is 1. The van der Waals surface area contributed by atoms with Crippen molar-refractivity contribution >= 4 is 11.8 Å². The Hall–Kier alpha value is -1.12. The van der Waals surface area contributed by atoms with E-state index in [2.05, 4.69) is 34.6 Å². The van der Waals surface area contributed by atoms with Crippen LogP contribution < -0.4 is 0 Å². The maximum atomic E-state index is 13.6. The monoisotopic (exact) mass is 442 g/mol. The van der Waals surface area contributed by atoms with Gasteiger partial charge in [0.05, 0.1) is 0 Å². The van der Waals surface area contributed by atoms with E-state index in [1.807, 2.05) is 6.08 Å². The molecule has 180 valence electrons. The van der Waals surface area contributed by atoms with Crippen LogP contribution in [-0.2, 0) is 14.3 Å². The first-order chi connectivity index (χ1) is 15.1. The normalized spacial score (nSPS) is 42.0. The van der Waals surface area contributed by atoms with Gasteiger partial charge in [0.1, 0.15) is 6.10 Å². The van der Waals surface area contributed by atoms with Gasteiger partial charge in [-0.05, 0) is 85.0 Å². The zero-order valence-corrected chi connectivity index (χ0v) is 21.4. The van der Waals surface area contributed by atoms with Crippen molar-refractivity contribution in [3.63, 3.8) is 0 Å². The average molecular weight is 443 g/mol. The molecule has 0 unspecified atom stereocenters. The minimum atomic E-state index is -0.202. The van der Waals surface area contributed by atoms with Gasteiger partial charge in [0.15, 0.2) is 5.78 Å². The molecule has 3 saturated carbocycles. The lowest BCUT2D eigenvalue weighted by Gasteiger charge is -2.57. The maximum Gasteiger partial charge on any atom is 0.302 e. The van der Waals surface area contributed by atoms with E-state index in [1.165, 1.54) is 57.4 Å². The molecule has 0 spiro atoms. The molecule has 8 atom stereocenters. The van der Waals surface area contributed by atoms with Crippen molar-refractivity contribution in [2.45, 2.75) is 112 Å². The summed E-state index contributed by atoms with van der Waals surface area (Å²) < 4.78 is 5.54. The van der Waals surface area contributed by atoms with Gasteiger partial charge in [-0.15, -0.1) is 0 Å². The van der Waals surface area contributed by atoms with Crippen LogP contribution in [0, 0.1) is 46.3 Å². The molecule has 0 aromatic heterocycles. The number of rotatable bonds is 6. The topological polar surface area (TPSA) is 43.4 Å². The van der Waals surface area contributed by atoms with E-state index >= 15 is 0 Å². The minimum Gasteiger partial charge on any atom is -0.462 e. The Labute approximate surface area is 196 Å². The first-order valence-corrected chi connectivity index (χ1v) is 13.5. The van der Waals surface area contributed by atoms with Gasteiger partial charge in [-0.2, -0.15) is 0 Å². The highest BCUT2D eigenvalue weighted by Crippen LogP contribution is 2.66. The number of fused-ring (bicyclic) bond motifs is 5. The maximum absolute atomic E-state index is 13.6. The Bertz CT molecular complexity index is 766. The van der Waals surface area contributed by atoms with Gasteiger partial charge in [0, 0.05) is 19.3 Å². The van der Waals surface area contributed by atoms with E-state index in [-0.39, 0.29) is 23.4 Å². The summed E-state index contributed by atoms with van der Waals surface area (Å²) in [5.41, 5.74) is 1.70. The van der Waals surface area contributed by atoms with E-state index < -0.39 is 0 Å². The molecule has 0 aromatic rings. The van der Waals surface area contributed by atoms with Gasteiger partial charge >= 0.3 is 5.97 Å². The average Bonchev–Trinajstić information content (AvgIpc) is 3.05. The summed E-state index contributed by atoms with van der Waals surface area (Å²) in [6.45, 7) is 13.6. The molecular formula is C29H46O3. The predicted octanol–water partition coefficient (Wildman–Crippen LogP) is 7.14. The molecule has 4 rings (SSSR count). The smallest absolute Gasteiger partial charge is 0.302 e. The molecule has 0 saturated heterocycles. The number of hydrogen-bond donors (Lipinski definition) is 0. The zero-order valence-electron chi connectivity index (χ0n) is 21.4. The summed E-state index contributed by atoms with van der Waals surface area (Å²) in [6.07, 6.45) is 13.7. The van der Waals surface area contributed by atoms with Gasteiger partial charge in [0.25, 0.3) is 0 Å². The quantitative estimate of drug-likeness (QED) is 0.411. The summed E-state index contributed by atoms with van der Waals surface area (Å²) in [6, 6.07) is 0. The molecule has 3 heteroatoms. The predicted molar refractivity (Wildman–Crippen MR) is 129 cm³/mol. The van der Waals surface area contributed by atoms with Crippen LogP contribution in [0.5, 0.6) is 0 Å². The minimum absolute atomic E-state index is 0.0485. The molecule has 0 aromatic carbocycles. The van der Waals surface area contributed by atoms with Crippen LogP contribution in [0.1, 0.15) is 106 Å². The van der Waals surface area contributed by atoms with Crippen LogP contribution in [0.3, 0.4) is 0 Å². The second-order valence-electron chi connectivity index (χ2n) is 12.7. The van der Waals surface area contributed by atoms with Crippen molar-refractivity contribution in [2.24, 2.45) is 46.3 Å². The van der Waals surface area contributed by atoms with E-state index in [4.69, 9.17) is 4.74 Å². The SMILES string of the molecule is CC(=O)O[C@@H]1CC[C@@]2(C)C(=CC(=O)[C@H]3[C@@H]4CC[C@@H]([C@H](C)CCCC(C)C)[C@@]4(C)CC[C@@H]32)C1. The fourth-order valence-corrected chi connectivity index (χ4v) is 8.73. The first-order valence-electron chi connectivity index (χ1n) is 13.5. The van der Waals surface area contributed by atoms with E-state index in [0.717, 1.165) is 37.0 Å². The Balaban J connectivity index is 1.52. The van der Waals surface area contributed by atoms with Gasteiger partial charge in [-0.25, -0.2) is 0 Å². The summed E-state index contributed by atoms with van der Waals surface area (Å²) in [5, 5.41) is 0. The number of ether oxygens (including phenoxy) is 1. The van der Waals surface area contributed by atoms with Crippen LogP contribution >= 0.6 is 0 Å². The fourth-order valence-electron chi connectivity index (χ4n) is 8.73. The standard InChI is InChI=1S/C29H46O3/c1-18(2)8-7-9-19(3)23-10-11-24-27-25(13-15-29(23,24)6)28(5)14-12-22(32-20(4)30)16-21(28)17-26(27)31/h17-19,22-25,27H,7-16H2,1-6H3/t19-,22-,23+,24+,25+,27+,28+,29-/m1/s1. The third kappa shape index (κ3) is 4.11. The lowest BCUT2D eigenvalue weighted by Crippen LogP contribution is -2.53. The van der Waals surface area contributed by atoms with Gasteiger partial charge in [0.2, 0.25) is 0 Å². The van der Waals surface area contributed by atoms with Crippen molar-refractivity contribution < 1.29 is 14.3 Å². The third-order valence-corrected chi connectivity index (χ3v) is 10.4. The van der Waals surface area contributed by atoms with Gasteiger partial charge in [-0.3, -0.25) is 9.59 Å². The second-order valence-corrected chi connectivity index (χ2v) is 12.7. The lowest BCUT2D eigenvalue weighted by atomic mass is 9.46. The van der Waals surface area contributed by atoms with Crippen LogP contribution in [0.25, 0.3) is 0 Å². The van der Waals surface area contributed by atoms with Gasteiger partial charge < -0.3 is 4.74 Å². The molecule has 0 amide bonds. The number of carbonyl (C=O) groups excluding carboxylic acids is 2. The van der Waals surface area contributed by atoms with Crippen LogP contribution in [-0.4, -0.2) is 17.9 Å². The van der Waals surface area contributed by atoms with Crippen LogP contribution in [0.2, 0.25) is 0 Å². The molecule has 4 aliphatic rings. The Morgan fingerprint density at radius 1 is 1.06 bits per heavy atom. The van der Waals surface area contributed by atoms with Crippen LogP contribution in [0.15, 0.2) is 11.6 Å². The molecule has 0 radical (unpaired) electrons. The number of carbonyl (C=O) groups is 2. The lowest BCUT2D eigenvalue weighted by molar-refractivity contribution is -0.149. The highest BCUT2D eigenvalue weighted by atomic mass is 16.5. The highest BCUT2D eigenvalue weighted by molar-refractivity contribution is 5.94. The molecule has 3 nitrogen and oxygen atoms in total. The number of hydrogen-bond acceptors (Lipinski definition) is 3. The Kier molecular flexibility index (Phi) is 6.69. The summed E-state index contributed by atoms with van der Waals surface area (Å²) in [4.78, 5) is 25.1. The van der Waals surface area contributed by atoms with Crippen LogP contribution in [0.4, 0.5) is 0 Å². The molecule has 0 heterocycles. The largest absolute Gasteiger partial charge is 0.462 e. The second kappa shape index (κ2) is 8.91. The third-order valence-electron chi connectivity index (χ3n) is 10.4. The van der Waals surface area contributed by atoms with Crippen molar-refractivity contribution in [3.8, 4) is 0 Å². The molecule has 0 bridgehead atoms. The van der Waals surface area contributed by atoms with E-state index in [1.54, 1.807) is 0 Å². The summed E-state index contributed by atoms with van der Waals surface area (Å²) in [7, 11) is 0. The summed E-state index contributed by atoms with van der Waals surface area (Å²) >= 11 is 0. The Morgan fingerprint density at radius 2 is 1.81 bits per heavy atom. The fraction of sp³-hybridized carbons (Fsp3) is 0.862. The highest BCUT2D eigenvalue weighted by Gasteiger charge is 2.61. The molecule has 32 heavy (non-hydrogen) atoms. The molecule has 0 aliphatic heterocycles. The van der Waals surface area contributed by atoms with E-state index in [9.17, 15) is 9.59 Å². The van der Waals surface area contributed by atoms with Crippen molar-refractivity contribution in [1.82, 2.24) is 0 Å². The van der Waals surface area contributed by atoms with Crippen molar-refractivity contribution in [1.29, 1.82) is 0 Å². The van der Waals surface area contributed by atoms with Crippen molar-refractivity contribution in [3.05, 3.63) is 11.6 Å². The first kappa shape index (κ1) is 24.0. The molecular weight excluding hydrogens is 396 g/mol. The number of esters is 1. The van der Waals surface area contributed by atoms with Gasteiger partial charge in [-0.1, -0.05) is 59.5 Å². The Morgan fingerprint density at radius 3 is 2.50 bits per heavy atom. The van der Waals surface area contributed by atoms with E-state index in [0.29, 0.717) is 23.0 Å². The zero-order chi connectivity index (χ0) is 23.3. The molecule has 4 aliphatic carbocycles. The molecule has 0 N–H and O–H groups in total. The molecule has 3 fully saturated rings. The van der Waals surface area contributed by atoms with Crippen molar-refractivity contribution in [2.75, 3.05) is 0 Å². The summed E-state index contributed by atoms with van der Waals surface area (Å²) in [5.74, 6) is 3.74.